The van der Waals surface area contributed by atoms with Crippen LogP contribution in [0.2, 0.25) is 0 Å². The van der Waals surface area contributed by atoms with E-state index >= 15 is 0 Å². The van der Waals surface area contributed by atoms with Gasteiger partial charge in [0.15, 0.2) is 5.78 Å². The predicted octanol–water partition coefficient (Wildman–Crippen LogP) is 6.62. The summed E-state index contributed by atoms with van der Waals surface area (Å²) in [6, 6.07) is 0. The Morgan fingerprint density at radius 1 is 0.912 bits per heavy atom. The average Bonchev–Trinajstić information content (AvgIpc) is 2.72. The van der Waals surface area contributed by atoms with Gasteiger partial charge in [-0.15, -0.1) is 0 Å². The number of ketones is 2. The zero-order chi connectivity index (χ0) is 25.1. The molecule has 4 fully saturated rings. The monoisotopic (exact) mass is 468 g/mol. The summed E-state index contributed by atoms with van der Waals surface area (Å²) in [5.41, 5.74) is -0.473. The molecule has 4 saturated carbocycles. The molecule has 0 aromatic carbocycles. The molecule has 5 rings (SSSR count). The van der Waals surface area contributed by atoms with E-state index in [0.29, 0.717) is 25.0 Å². The molecule has 0 heterocycles. The summed E-state index contributed by atoms with van der Waals surface area (Å²) in [4.78, 5) is 39.8. The number of carboxylic acid groups (broad SMARTS) is 1. The van der Waals surface area contributed by atoms with Gasteiger partial charge >= 0.3 is 5.97 Å². The van der Waals surface area contributed by atoms with E-state index in [4.69, 9.17) is 0 Å². The van der Waals surface area contributed by atoms with E-state index in [1.54, 1.807) is 0 Å². The second-order valence-corrected chi connectivity index (χ2v) is 14.8. The molecular formula is C30H44O4. The number of fused-ring (bicyclic) bond motifs is 7. The van der Waals surface area contributed by atoms with Crippen molar-refractivity contribution in [3.05, 3.63) is 11.6 Å². The van der Waals surface area contributed by atoms with Crippen LogP contribution < -0.4 is 0 Å². The van der Waals surface area contributed by atoms with Crippen LogP contribution in [0.4, 0.5) is 0 Å². The molecule has 0 aliphatic heterocycles. The van der Waals surface area contributed by atoms with Crippen LogP contribution in [0.15, 0.2) is 11.6 Å². The molecule has 4 nitrogen and oxygen atoms in total. The van der Waals surface area contributed by atoms with Crippen molar-refractivity contribution < 1.29 is 19.5 Å². The van der Waals surface area contributed by atoms with Gasteiger partial charge in [0, 0.05) is 17.8 Å². The summed E-state index contributed by atoms with van der Waals surface area (Å²) in [7, 11) is 0. The second kappa shape index (κ2) is 6.85. The maximum atomic E-state index is 14.2. The van der Waals surface area contributed by atoms with E-state index in [-0.39, 0.29) is 45.2 Å². The lowest BCUT2D eigenvalue weighted by Gasteiger charge is -2.69. The number of hydrogen-bond acceptors (Lipinski definition) is 3. The third kappa shape index (κ3) is 2.75. The van der Waals surface area contributed by atoms with Crippen LogP contribution in [-0.4, -0.2) is 22.6 Å². The summed E-state index contributed by atoms with van der Waals surface area (Å²) in [6.45, 7) is 15.7. The maximum absolute atomic E-state index is 14.2. The van der Waals surface area contributed by atoms with Crippen molar-refractivity contribution in [2.75, 3.05) is 0 Å². The highest BCUT2D eigenvalue weighted by Gasteiger charge is 2.71. The van der Waals surface area contributed by atoms with Crippen LogP contribution in [0.5, 0.6) is 0 Å². The maximum Gasteiger partial charge on any atom is 0.310 e. The molecule has 0 aromatic heterocycles. The van der Waals surface area contributed by atoms with Gasteiger partial charge in [0.2, 0.25) is 0 Å². The zero-order valence-electron chi connectivity index (χ0n) is 22.3. The summed E-state index contributed by atoms with van der Waals surface area (Å²) >= 11 is 0. The first-order valence-electron chi connectivity index (χ1n) is 13.6. The van der Waals surface area contributed by atoms with Gasteiger partial charge in [-0.05, 0) is 90.9 Å². The lowest BCUT2D eigenvalue weighted by Crippen LogP contribution is -2.66. The molecule has 7 atom stereocenters. The van der Waals surface area contributed by atoms with E-state index in [1.165, 1.54) is 0 Å². The minimum atomic E-state index is -0.731. The van der Waals surface area contributed by atoms with Gasteiger partial charge in [-0.25, -0.2) is 0 Å². The summed E-state index contributed by atoms with van der Waals surface area (Å²) in [5.74, 6) is -0.0662. The Labute approximate surface area is 205 Å². The van der Waals surface area contributed by atoms with E-state index in [1.807, 2.05) is 6.08 Å². The minimum Gasteiger partial charge on any atom is -0.481 e. The van der Waals surface area contributed by atoms with Crippen molar-refractivity contribution in [3.8, 4) is 0 Å². The number of carbonyl (C=O) groups excluding carboxylic acids is 2. The number of Topliss-reactive ketones (excluding diaryl/α,β-unsaturated/α-hetero) is 1. The molecule has 34 heavy (non-hydrogen) atoms. The Kier molecular flexibility index (Phi) is 4.89. The van der Waals surface area contributed by atoms with E-state index < -0.39 is 16.8 Å². The van der Waals surface area contributed by atoms with Crippen LogP contribution in [0.1, 0.15) is 106 Å². The molecule has 1 unspecified atom stereocenters. The highest BCUT2D eigenvalue weighted by molar-refractivity contribution is 5.96. The predicted molar refractivity (Wildman–Crippen MR) is 132 cm³/mol. The van der Waals surface area contributed by atoms with Gasteiger partial charge in [-0.3, -0.25) is 14.4 Å². The van der Waals surface area contributed by atoms with Gasteiger partial charge in [0.25, 0.3) is 0 Å². The van der Waals surface area contributed by atoms with Gasteiger partial charge in [0.05, 0.1) is 5.41 Å². The number of aliphatic carboxylic acids is 1. The standard InChI is InChI=1S/C30H44O4/c1-25(2)12-14-30(24(33)34)15-13-28(6)18(19(30)17-25)16-20(31)23-27(5)10-9-22(32)26(3,4)21(27)8-11-29(23,28)7/h16,19,21,23H,8-15,17H2,1-7H3,(H,33,34)/t19-,21?,23-,27+,28-,29-,30+/m1/s1. The van der Waals surface area contributed by atoms with Crippen LogP contribution in [0.3, 0.4) is 0 Å². The first kappa shape index (κ1) is 24.3. The normalized spacial score (nSPS) is 49.1. The third-order valence-electron chi connectivity index (χ3n) is 12.5. The fourth-order valence-electron chi connectivity index (χ4n) is 10.3. The molecule has 0 aromatic rings. The van der Waals surface area contributed by atoms with Crippen molar-refractivity contribution in [2.45, 2.75) is 106 Å². The number of carbonyl (C=O) groups is 3. The third-order valence-corrected chi connectivity index (χ3v) is 12.5. The first-order valence-corrected chi connectivity index (χ1v) is 13.6. The number of rotatable bonds is 1. The molecule has 5 aliphatic rings. The van der Waals surface area contributed by atoms with Crippen LogP contribution in [0, 0.1) is 50.2 Å². The van der Waals surface area contributed by atoms with Crippen LogP contribution in [0.25, 0.3) is 0 Å². The summed E-state index contributed by atoms with van der Waals surface area (Å²) < 4.78 is 0. The smallest absolute Gasteiger partial charge is 0.310 e. The highest BCUT2D eigenvalue weighted by Crippen LogP contribution is 2.74. The summed E-state index contributed by atoms with van der Waals surface area (Å²) in [5, 5.41) is 10.5. The molecule has 0 bridgehead atoms. The van der Waals surface area contributed by atoms with Crippen molar-refractivity contribution in [2.24, 2.45) is 50.2 Å². The Hall–Kier alpha value is -1.45. The van der Waals surface area contributed by atoms with Crippen molar-refractivity contribution in [3.63, 3.8) is 0 Å². The number of hydrogen-bond donors (Lipinski definition) is 1. The topological polar surface area (TPSA) is 71.4 Å². The number of carboxylic acids is 1. The molecule has 188 valence electrons. The Balaban J connectivity index is 1.66. The molecule has 0 spiro atoms. The van der Waals surface area contributed by atoms with Crippen LogP contribution in [-0.2, 0) is 14.4 Å². The van der Waals surface area contributed by atoms with Crippen molar-refractivity contribution in [1.82, 2.24) is 0 Å². The van der Waals surface area contributed by atoms with E-state index in [0.717, 1.165) is 44.1 Å². The van der Waals surface area contributed by atoms with E-state index in [9.17, 15) is 19.5 Å². The molecule has 5 aliphatic carbocycles. The fourth-order valence-corrected chi connectivity index (χ4v) is 10.3. The van der Waals surface area contributed by atoms with Gasteiger partial charge < -0.3 is 5.11 Å². The lowest BCUT2D eigenvalue weighted by atomic mass is 9.33. The van der Waals surface area contributed by atoms with E-state index in [2.05, 4.69) is 48.5 Å². The quantitative estimate of drug-likeness (QED) is 0.469. The first-order chi connectivity index (χ1) is 15.6. The summed E-state index contributed by atoms with van der Waals surface area (Å²) in [6.07, 6.45) is 9.22. The van der Waals surface area contributed by atoms with Crippen LogP contribution >= 0.6 is 0 Å². The Morgan fingerprint density at radius 3 is 2.21 bits per heavy atom. The molecule has 4 heteroatoms. The second-order valence-electron chi connectivity index (χ2n) is 14.8. The van der Waals surface area contributed by atoms with Gasteiger partial charge in [-0.1, -0.05) is 54.0 Å². The molecule has 0 amide bonds. The molecule has 0 saturated heterocycles. The molecule has 1 N–H and O–H groups in total. The minimum absolute atomic E-state index is 0.0656. The average molecular weight is 469 g/mol. The fraction of sp³-hybridized carbons (Fsp3) is 0.833. The number of allylic oxidation sites excluding steroid dienone is 2. The lowest BCUT2D eigenvalue weighted by molar-refractivity contribution is -0.191. The zero-order valence-corrected chi connectivity index (χ0v) is 22.3. The highest BCUT2D eigenvalue weighted by atomic mass is 16.4. The van der Waals surface area contributed by atoms with Gasteiger partial charge in [0.1, 0.15) is 5.78 Å². The van der Waals surface area contributed by atoms with Gasteiger partial charge in [-0.2, -0.15) is 0 Å². The van der Waals surface area contributed by atoms with Crippen molar-refractivity contribution >= 4 is 17.5 Å². The Morgan fingerprint density at radius 2 is 1.56 bits per heavy atom. The molecular weight excluding hydrogens is 424 g/mol. The largest absolute Gasteiger partial charge is 0.481 e. The van der Waals surface area contributed by atoms with Crippen molar-refractivity contribution in [1.29, 1.82) is 0 Å². The molecule has 0 radical (unpaired) electrons. The SMILES string of the molecule is CC1(C)CC[C@]2(C(=O)O)CC[C@]3(C)C(=CC(=O)[C@@H]4[C@@]5(C)CCC(=O)C(C)(C)C5CC[C@]43C)[C@H]2C1. The Bertz CT molecular complexity index is 1000.